The van der Waals surface area contributed by atoms with Crippen LogP contribution in [0.5, 0.6) is 0 Å². The molecule has 2 rings (SSSR count). The van der Waals surface area contributed by atoms with Gasteiger partial charge in [-0.25, -0.2) is 4.39 Å². The molecule has 0 aromatic heterocycles. The average molecular weight is 371 g/mol. The highest BCUT2D eigenvalue weighted by Crippen LogP contribution is 2.23. The minimum Gasteiger partial charge on any atom is -0.325 e. The van der Waals surface area contributed by atoms with Crippen LogP contribution >= 0.6 is 0 Å². The molecule has 0 spiro atoms. The van der Waals surface area contributed by atoms with Crippen LogP contribution in [0.25, 0.3) is 0 Å². The van der Waals surface area contributed by atoms with Crippen LogP contribution < -0.4 is 10.6 Å². The van der Waals surface area contributed by atoms with Gasteiger partial charge in [0.1, 0.15) is 5.82 Å². The number of amides is 2. The van der Waals surface area contributed by atoms with Crippen LogP contribution in [0.4, 0.5) is 15.8 Å². The maximum absolute atomic E-state index is 13.1. The number of carbonyl (C=O) groups is 2. The Labute approximate surface area is 159 Å². The van der Waals surface area contributed by atoms with Crippen LogP contribution in [0.2, 0.25) is 0 Å². The number of benzene rings is 2. The number of carbonyl (C=O) groups excluding carboxylic acids is 2. The van der Waals surface area contributed by atoms with Crippen molar-refractivity contribution in [2.24, 2.45) is 0 Å². The minimum absolute atomic E-state index is 0.0207. The molecular weight excluding hydrogens is 345 g/mol. The second-order valence-corrected chi connectivity index (χ2v) is 7.61. The predicted molar refractivity (Wildman–Crippen MR) is 106 cm³/mol. The molecule has 144 valence electrons. The van der Waals surface area contributed by atoms with Gasteiger partial charge in [-0.15, -0.1) is 0 Å². The van der Waals surface area contributed by atoms with Crippen LogP contribution in [0.3, 0.4) is 0 Å². The van der Waals surface area contributed by atoms with Crippen molar-refractivity contribution < 1.29 is 14.0 Å². The first-order chi connectivity index (χ1) is 12.6. The molecule has 2 amide bonds. The fraction of sp³-hybridized carbons (Fsp3) is 0.333. The highest BCUT2D eigenvalue weighted by molar-refractivity contribution is 5.94. The second-order valence-electron chi connectivity index (χ2n) is 7.61. The van der Waals surface area contributed by atoms with Crippen LogP contribution in [0.1, 0.15) is 26.3 Å². The Bertz CT molecular complexity index is 798. The van der Waals surface area contributed by atoms with Crippen molar-refractivity contribution in [1.29, 1.82) is 0 Å². The molecule has 0 bridgehead atoms. The topological polar surface area (TPSA) is 61.4 Å². The minimum atomic E-state index is -0.419. The van der Waals surface area contributed by atoms with E-state index in [1.54, 1.807) is 18.0 Å². The Hall–Kier alpha value is -2.73. The van der Waals surface area contributed by atoms with E-state index in [2.05, 4.69) is 31.4 Å². The van der Waals surface area contributed by atoms with E-state index in [-0.39, 0.29) is 30.3 Å². The maximum Gasteiger partial charge on any atom is 0.238 e. The third kappa shape index (κ3) is 6.83. The van der Waals surface area contributed by atoms with Crippen molar-refractivity contribution in [3.63, 3.8) is 0 Å². The monoisotopic (exact) mass is 371 g/mol. The van der Waals surface area contributed by atoms with Crippen molar-refractivity contribution in [1.82, 2.24) is 4.90 Å². The lowest BCUT2D eigenvalue weighted by atomic mass is 9.87. The van der Waals surface area contributed by atoms with Gasteiger partial charge in [-0.3, -0.25) is 14.5 Å². The van der Waals surface area contributed by atoms with Crippen molar-refractivity contribution in [3.8, 4) is 0 Å². The molecule has 5 nitrogen and oxygen atoms in total. The van der Waals surface area contributed by atoms with E-state index in [9.17, 15) is 14.0 Å². The summed E-state index contributed by atoms with van der Waals surface area (Å²) in [5.74, 6) is -0.942. The largest absolute Gasteiger partial charge is 0.325 e. The standard InChI is InChI=1S/C21H26FN3O2/c1-21(2,3)15-8-10-17(11-9-15)23-19(26)13-25(4)14-20(27)24-18-7-5-6-16(22)12-18/h5-12H,13-14H2,1-4H3,(H,23,26)(H,24,27). The first-order valence-electron chi connectivity index (χ1n) is 8.78. The number of nitrogens with one attached hydrogen (secondary N) is 2. The van der Waals surface area contributed by atoms with Gasteiger partial charge in [0.05, 0.1) is 13.1 Å². The second kappa shape index (κ2) is 8.77. The number of hydrogen-bond donors (Lipinski definition) is 2. The van der Waals surface area contributed by atoms with Gasteiger partial charge in [0.15, 0.2) is 0 Å². The van der Waals surface area contributed by atoms with E-state index in [0.717, 1.165) is 0 Å². The molecule has 0 aliphatic heterocycles. The van der Waals surface area contributed by atoms with Gasteiger partial charge in [-0.05, 0) is 48.4 Å². The number of likely N-dealkylation sites (N-methyl/N-ethyl adjacent to an activating group) is 1. The molecule has 0 fully saturated rings. The molecule has 0 radical (unpaired) electrons. The Kier molecular flexibility index (Phi) is 6.69. The molecule has 0 saturated carbocycles. The van der Waals surface area contributed by atoms with E-state index in [1.165, 1.54) is 23.8 Å². The predicted octanol–water partition coefficient (Wildman–Crippen LogP) is 3.63. The van der Waals surface area contributed by atoms with E-state index in [4.69, 9.17) is 0 Å². The van der Waals surface area contributed by atoms with Crippen LogP contribution in [-0.4, -0.2) is 36.9 Å². The van der Waals surface area contributed by atoms with E-state index in [0.29, 0.717) is 11.4 Å². The normalized spacial score (nSPS) is 11.3. The third-order valence-electron chi connectivity index (χ3n) is 3.97. The summed E-state index contributed by atoms with van der Waals surface area (Å²) >= 11 is 0. The summed E-state index contributed by atoms with van der Waals surface area (Å²) in [4.78, 5) is 25.7. The highest BCUT2D eigenvalue weighted by atomic mass is 19.1. The SMILES string of the molecule is CN(CC(=O)Nc1ccc(C(C)(C)C)cc1)CC(=O)Nc1cccc(F)c1. The van der Waals surface area contributed by atoms with Gasteiger partial charge < -0.3 is 10.6 Å². The zero-order valence-electron chi connectivity index (χ0n) is 16.2. The van der Waals surface area contributed by atoms with Crippen molar-refractivity contribution in [3.05, 3.63) is 59.9 Å². The van der Waals surface area contributed by atoms with Crippen molar-refractivity contribution in [2.45, 2.75) is 26.2 Å². The molecule has 6 heteroatoms. The number of anilines is 2. The summed E-state index contributed by atoms with van der Waals surface area (Å²) in [7, 11) is 1.67. The lowest BCUT2D eigenvalue weighted by molar-refractivity contribution is -0.119. The summed E-state index contributed by atoms with van der Waals surface area (Å²) < 4.78 is 13.1. The van der Waals surface area contributed by atoms with Gasteiger partial charge in [0.2, 0.25) is 11.8 Å². The van der Waals surface area contributed by atoms with E-state index < -0.39 is 5.82 Å². The molecule has 2 aromatic rings. The smallest absolute Gasteiger partial charge is 0.238 e. The molecule has 0 unspecified atom stereocenters. The number of rotatable bonds is 6. The maximum atomic E-state index is 13.1. The molecule has 27 heavy (non-hydrogen) atoms. The molecule has 2 N–H and O–H groups in total. The molecule has 0 aliphatic carbocycles. The Balaban J connectivity index is 1.81. The van der Waals surface area contributed by atoms with Crippen molar-refractivity contribution in [2.75, 3.05) is 30.8 Å². The summed E-state index contributed by atoms with van der Waals surface area (Å²) in [6.07, 6.45) is 0. The summed E-state index contributed by atoms with van der Waals surface area (Å²) in [5.41, 5.74) is 2.34. The van der Waals surface area contributed by atoms with Crippen LogP contribution in [-0.2, 0) is 15.0 Å². The average Bonchev–Trinajstić information content (AvgIpc) is 2.53. The van der Waals surface area contributed by atoms with Gasteiger partial charge >= 0.3 is 0 Å². The summed E-state index contributed by atoms with van der Waals surface area (Å²) in [6.45, 7) is 6.48. The molecule has 0 saturated heterocycles. The number of hydrogen-bond acceptors (Lipinski definition) is 3. The Morgan fingerprint density at radius 3 is 2.00 bits per heavy atom. The molecule has 0 atom stereocenters. The zero-order chi connectivity index (χ0) is 20.0. The van der Waals surface area contributed by atoms with Crippen LogP contribution in [0, 0.1) is 5.82 Å². The molecule has 0 heterocycles. The summed E-state index contributed by atoms with van der Waals surface area (Å²) in [5, 5.41) is 5.42. The lowest BCUT2D eigenvalue weighted by Gasteiger charge is -2.19. The van der Waals surface area contributed by atoms with E-state index >= 15 is 0 Å². The Morgan fingerprint density at radius 2 is 1.48 bits per heavy atom. The number of nitrogens with zero attached hydrogens (tertiary/aromatic N) is 1. The zero-order valence-corrected chi connectivity index (χ0v) is 16.2. The third-order valence-corrected chi connectivity index (χ3v) is 3.97. The quantitative estimate of drug-likeness (QED) is 0.815. The fourth-order valence-corrected chi connectivity index (χ4v) is 2.57. The first kappa shape index (κ1) is 20.6. The molecule has 2 aromatic carbocycles. The van der Waals surface area contributed by atoms with E-state index in [1.807, 2.05) is 24.3 Å². The van der Waals surface area contributed by atoms with Gasteiger partial charge in [-0.2, -0.15) is 0 Å². The summed E-state index contributed by atoms with van der Waals surface area (Å²) in [6, 6.07) is 13.4. The van der Waals surface area contributed by atoms with Crippen molar-refractivity contribution >= 4 is 23.2 Å². The van der Waals surface area contributed by atoms with Gasteiger partial charge in [-0.1, -0.05) is 39.0 Å². The Morgan fingerprint density at radius 1 is 0.926 bits per heavy atom. The van der Waals surface area contributed by atoms with Gasteiger partial charge in [0.25, 0.3) is 0 Å². The van der Waals surface area contributed by atoms with Crippen LogP contribution in [0.15, 0.2) is 48.5 Å². The highest BCUT2D eigenvalue weighted by Gasteiger charge is 2.14. The van der Waals surface area contributed by atoms with Gasteiger partial charge in [0, 0.05) is 11.4 Å². The fourth-order valence-electron chi connectivity index (χ4n) is 2.57. The molecular formula is C21H26FN3O2. The number of halogens is 1. The lowest BCUT2D eigenvalue weighted by Crippen LogP contribution is -2.36. The molecule has 0 aliphatic rings. The first-order valence-corrected chi connectivity index (χ1v) is 8.78.